The Balaban J connectivity index is 2.36. The first-order valence-electron chi connectivity index (χ1n) is 5.86. The van der Waals surface area contributed by atoms with Gasteiger partial charge >= 0.3 is 6.09 Å². The zero-order chi connectivity index (χ0) is 14.5. The third kappa shape index (κ3) is 6.81. The number of ether oxygens (including phenoxy) is 2. The zero-order valence-corrected chi connectivity index (χ0v) is 12.2. The van der Waals surface area contributed by atoms with E-state index < -0.39 is 11.7 Å². The molecule has 1 amide bonds. The van der Waals surface area contributed by atoms with Crippen molar-refractivity contribution in [3.05, 3.63) is 17.5 Å². The Morgan fingerprint density at radius 1 is 1.47 bits per heavy atom. The van der Waals surface area contributed by atoms with Gasteiger partial charge < -0.3 is 14.8 Å². The van der Waals surface area contributed by atoms with Gasteiger partial charge in [-0.2, -0.15) is 0 Å². The second-order valence-corrected chi connectivity index (χ2v) is 5.42. The molecule has 19 heavy (non-hydrogen) atoms. The predicted octanol–water partition coefficient (Wildman–Crippen LogP) is 2.42. The van der Waals surface area contributed by atoms with Crippen LogP contribution in [0.4, 0.5) is 4.79 Å². The second-order valence-electron chi connectivity index (χ2n) is 5.04. The molecule has 1 N–H and O–H groups in total. The number of amides is 1. The molecule has 0 saturated heterocycles. The Morgan fingerprint density at radius 2 is 2.16 bits per heavy atom. The SMILES string of the molecule is C[C@@H](COc1cc(Cl)ncn1)NC(=O)OC(C)(C)C. The van der Waals surface area contributed by atoms with E-state index >= 15 is 0 Å². The van der Waals surface area contributed by atoms with Gasteiger partial charge in [-0.1, -0.05) is 11.6 Å². The number of rotatable bonds is 4. The van der Waals surface area contributed by atoms with Crippen LogP contribution in [0.1, 0.15) is 27.7 Å². The number of hydrogen-bond acceptors (Lipinski definition) is 5. The van der Waals surface area contributed by atoms with Gasteiger partial charge in [-0.05, 0) is 27.7 Å². The lowest BCUT2D eigenvalue weighted by atomic mass is 10.2. The van der Waals surface area contributed by atoms with Crippen molar-refractivity contribution >= 4 is 17.7 Å². The maximum absolute atomic E-state index is 11.5. The van der Waals surface area contributed by atoms with Gasteiger partial charge in [-0.25, -0.2) is 14.8 Å². The molecule has 1 atom stereocenters. The largest absolute Gasteiger partial charge is 0.475 e. The molecule has 0 fully saturated rings. The van der Waals surface area contributed by atoms with E-state index in [2.05, 4.69) is 15.3 Å². The highest BCUT2D eigenvalue weighted by molar-refractivity contribution is 6.29. The van der Waals surface area contributed by atoms with E-state index in [1.807, 2.05) is 0 Å². The lowest BCUT2D eigenvalue weighted by Crippen LogP contribution is -2.40. The Bertz CT molecular complexity index is 434. The summed E-state index contributed by atoms with van der Waals surface area (Å²) in [7, 11) is 0. The van der Waals surface area contributed by atoms with Crippen molar-refractivity contribution < 1.29 is 14.3 Å². The molecule has 0 radical (unpaired) electrons. The summed E-state index contributed by atoms with van der Waals surface area (Å²) in [6.45, 7) is 7.46. The number of alkyl carbamates (subject to hydrolysis) is 1. The molecule has 1 heterocycles. The van der Waals surface area contributed by atoms with Crippen LogP contribution in [0.15, 0.2) is 12.4 Å². The van der Waals surface area contributed by atoms with Crippen LogP contribution in [0.5, 0.6) is 5.88 Å². The van der Waals surface area contributed by atoms with Crippen molar-refractivity contribution in [1.82, 2.24) is 15.3 Å². The third-order valence-electron chi connectivity index (χ3n) is 1.85. The number of carbonyl (C=O) groups is 1. The Kier molecular flexibility index (Phi) is 5.35. The first-order chi connectivity index (χ1) is 8.76. The fourth-order valence-electron chi connectivity index (χ4n) is 1.16. The van der Waals surface area contributed by atoms with Gasteiger partial charge in [0.1, 0.15) is 23.7 Å². The van der Waals surface area contributed by atoms with Crippen LogP contribution in [-0.4, -0.2) is 34.3 Å². The average Bonchev–Trinajstić information content (AvgIpc) is 2.23. The molecule has 0 spiro atoms. The molecular formula is C12H18ClN3O3. The van der Waals surface area contributed by atoms with E-state index in [-0.39, 0.29) is 12.6 Å². The van der Waals surface area contributed by atoms with E-state index in [9.17, 15) is 4.79 Å². The molecule has 0 saturated carbocycles. The molecule has 106 valence electrons. The summed E-state index contributed by atoms with van der Waals surface area (Å²) in [5.74, 6) is 0.359. The van der Waals surface area contributed by atoms with Crippen molar-refractivity contribution in [3.8, 4) is 5.88 Å². The summed E-state index contributed by atoms with van der Waals surface area (Å²) in [6, 6.07) is 1.28. The van der Waals surface area contributed by atoms with Gasteiger partial charge in [0.25, 0.3) is 0 Å². The molecule has 6 nitrogen and oxygen atoms in total. The molecule has 1 aromatic heterocycles. The molecular weight excluding hydrogens is 270 g/mol. The van der Waals surface area contributed by atoms with Crippen LogP contribution in [0.25, 0.3) is 0 Å². The van der Waals surface area contributed by atoms with E-state index in [1.54, 1.807) is 27.7 Å². The molecule has 0 aliphatic rings. The van der Waals surface area contributed by atoms with Crippen LogP contribution >= 0.6 is 11.6 Å². The maximum atomic E-state index is 11.5. The summed E-state index contributed by atoms with van der Waals surface area (Å²) in [5.41, 5.74) is -0.523. The van der Waals surface area contributed by atoms with Gasteiger partial charge in [0.05, 0.1) is 6.04 Å². The van der Waals surface area contributed by atoms with E-state index in [4.69, 9.17) is 21.1 Å². The summed E-state index contributed by atoms with van der Waals surface area (Å²) in [5, 5.41) is 2.96. The summed E-state index contributed by atoms with van der Waals surface area (Å²) < 4.78 is 10.5. The average molecular weight is 288 g/mol. The summed E-state index contributed by atoms with van der Waals surface area (Å²) in [6.07, 6.45) is 0.827. The van der Waals surface area contributed by atoms with Crippen LogP contribution in [-0.2, 0) is 4.74 Å². The first kappa shape index (κ1) is 15.5. The molecule has 0 unspecified atom stereocenters. The highest BCUT2D eigenvalue weighted by atomic mass is 35.5. The quantitative estimate of drug-likeness (QED) is 0.861. The van der Waals surface area contributed by atoms with Crippen LogP contribution in [0, 0.1) is 0 Å². The van der Waals surface area contributed by atoms with Crippen molar-refractivity contribution in [2.24, 2.45) is 0 Å². The number of halogens is 1. The molecule has 1 rings (SSSR count). The van der Waals surface area contributed by atoms with Gasteiger partial charge in [-0.3, -0.25) is 0 Å². The topological polar surface area (TPSA) is 73.3 Å². The van der Waals surface area contributed by atoms with Crippen LogP contribution in [0.2, 0.25) is 5.15 Å². The fourth-order valence-corrected chi connectivity index (χ4v) is 1.29. The molecule has 1 aromatic rings. The maximum Gasteiger partial charge on any atom is 0.407 e. The lowest BCUT2D eigenvalue weighted by Gasteiger charge is -2.21. The Morgan fingerprint density at radius 3 is 2.74 bits per heavy atom. The van der Waals surface area contributed by atoms with Crippen molar-refractivity contribution in [1.29, 1.82) is 0 Å². The van der Waals surface area contributed by atoms with E-state index in [0.29, 0.717) is 11.0 Å². The van der Waals surface area contributed by atoms with Crippen LogP contribution < -0.4 is 10.1 Å². The normalized spacial score (nSPS) is 12.7. The minimum atomic E-state index is -0.523. The monoisotopic (exact) mass is 287 g/mol. The number of nitrogens with zero attached hydrogens (tertiary/aromatic N) is 2. The lowest BCUT2D eigenvalue weighted by molar-refractivity contribution is 0.0493. The fraction of sp³-hybridized carbons (Fsp3) is 0.583. The smallest absolute Gasteiger partial charge is 0.407 e. The predicted molar refractivity (Wildman–Crippen MR) is 71.4 cm³/mol. The zero-order valence-electron chi connectivity index (χ0n) is 11.4. The third-order valence-corrected chi connectivity index (χ3v) is 2.06. The standard InChI is InChI=1S/C12H18ClN3O3/c1-8(16-11(17)19-12(2,3)4)6-18-10-5-9(13)14-7-15-10/h5,7-8H,6H2,1-4H3,(H,16,17)/t8-/m0/s1. The molecule has 0 bridgehead atoms. The van der Waals surface area contributed by atoms with Gasteiger partial charge in [0.15, 0.2) is 0 Å². The molecule has 0 aliphatic carbocycles. The number of aromatic nitrogens is 2. The van der Waals surface area contributed by atoms with Gasteiger partial charge in [0.2, 0.25) is 5.88 Å². The number of hydrogen-bond donors (Lipinski definition) is 1. The Labute approximate surface area is 117 Å². The van der Waals surface area contributed by atoms with Crippen molar-refractivity contribution in [3.63, 3.8) is 0 Å². The first-order valence-corrected chi connectivity index (χ1v) is 6.24. The highest BCUT2D eigenvalue weighted by Gasteiger charge is 2.17. The van der Waals surface area contributed by atoms with Crippen molar-refractivity contribution in [2.45, 2.75) is 39.3 Å². The van der Waals surface area contributed by atoms with Crippen molar-refractivity contribution in [2.75, 3.05) is 6.61 Å². The minimum Gasteiger partial charge on any atom is -0.475 e. The van der Waals surface area contributed by atoms with Gasteiger partial charge in [-0.15, -0.1) is 0 Å². The van der Waals surface area contributed by atoms with E-state index in [1.165, 1.54) is 12.4 Å². The number of carbonyl (C=O) groups excluding carboxylic acids is 1. The summed E-state index contributed by atoms with van der Waals surface area (Å²) >= 11 is 5.70. The summed E-state index contributed by atoms with van der Waals surface area (Å²) in [4.78, 5) is 19.1. The minimum absolute atomic E-state index is 0.219. The highest BCUT2D eigenvalue weighted by Crippen LogP contribution is 2.11. The molecule has 0 aliphatic heterocycles. The van der Waals surface area contributed by atoms with Gasteiger partial charge in [0, 0.05) is 6.07 Å². The molecule has 7 heteroatoms. The molecule has 0 aromatic carbocycles. The second kappa shape index (κ2) is 6.56. The number of nitrogens with one attached hydrogen (secondary N) is 1. The Hall–Kier alpha value is -1.56. The van der Waals surface area contributed by atoms with E-state index in [0.717, 1.165) is 0 Å². The van der Waals surface area contributed by atoms with Crippen LogP contribution in [0.3, 0.4) is 0 Å².